The number of benzene rings is 6. The van der Waals surface area contributed by atoms with Crippen LogP contribution in [-0.4, -0.2) is 10.4 Å². The smallest absolute Gasteiger partial charge is 0.129 e. The molecule has 0 saturated carbocycles. The Morgan fingerprint density at radius 3 is 2.12 bits per heavy atom. The van der Waals surface area contributed by atoms with Crippen LogP contribution in [0, 0.1) is 5.92 Å². The largest absolute Gasteiger partial charge is 0.354 e. The lowest BCUT2D eigenvalue weighted by molar-refractivity contribution is 0.399. The fourth-order valence-electron chi connectivity index (χ4n) is 8.74. The lowest BCUT2D eigenvalue weighted by atomic mass is 9.82. The van der Waals surface area contributed by atoms with Crippen molar-refractivity contribution in [1.82, 2.24) is 15.2 Å². The average molecular weight is 673 g/mol. The molecule has 7 aromatic rings. The average Bonchev–Trinajstić information content (AvgIpc) is 3.65. The summed E-state index contributed by atoms with van der Waals surface area (Å²) in [5.41, 5.74) is 13.9. The van der Waals surface area contributed by atoms with E-state index in [1.807, 2.05) is 0 Å². The zero-order valence-electron chi connectivity index (χ0n) is 29.4. The molecule has 2 heterocycles. The quantitative estimate of drug-likeness (QED) is 0.191. The number of nitrogens with one attached hydrogen (secondary N) is 2. The van der Waals surface area contributed by atoms with Gasteiger partial charge in [-0.25, -0.2) is 4.99 Å². The number of hydrogen-bond acceptors (Lipinski definition) is 3. The van der Waals surface area contributed by atoms with Crippen LogP contribution in [0.3, 0.4) is 0 Å². The van der Waals surface area contributed by atoms with Crippen molar-refractivity contribution in [2.75, 3.05) is 0 Å². The van der Waals surface area contributed by atoms with E-state index < -0.39 is 0 Å². The summed E-state index contributed by atoms with van der Waals surface area (Å²) in [5, 5.41) is 10.2. The second-order valence-corrected chi connectivity index (χ2v) is 14.9. The van der Waals surface area contributed by atoms with Crippen molar-refractivity contribution in [2.45, 2.75) is 38.0 Å². The Kier molecular flexibility index (Phi) is 7.16. The molecule has 0 spiro atoms. The summed E-state index contributed by atoms with van der Waals surface area (Å²) in [6, 6.07) is 52.8. The third kappa shape index (κ3) is 4.97. The SMILES string of the molecule is CC1(C)c2ccccc2-c2cc3c(cc21)c1ccc(-c2ccccc2)cc1n3C1=CC=CC(C2=NC(c3ccccc3)NC(c3ccccc3)N2)C1. The standard InChI is InChI=1S/C48H40N4/c1-48(2)41-24-13-12-23-37(41)39-30-44-40(29-42(39)48)38-26-25-34(31-15-6-3-7-16-31)28-43(38)52(44)36-22-14-21-35(27-36)47-50-45(32-17-8-4-9-18-32)49-46(51-47)33-19-10-5-11-20-33/h3-26,28-30,35,45-46,49H,27H2,1-2H3,(H,50,51). The normalized spacial score (nSPS) is 20.2. The van der Waals surface area contributed by atoms with Crippen LogP contribution in [0.5, 0.6) is 0 Å². The fourth-order valence-corrected chi connectivity index (χ4v) is 8.74. The van der Waals surface area contributed by atoms with Crippen LogP contribution < -0.4 is 10.6 Å². The zero-order valence-corrected chi connectivity index (χ0v) is 29.4. The van der Waals surface area contributed by atoms with Crippen LogP contribution in [0.1, 0.15) is 54.9 Å². The van der Waals surface area contributed by atoms with Gasteiger partial charge in [0.1, 0.15) is 18.2 Å². The van der Waals surface area contributed by atoms with Crippen LogP contribution in [0.15, 0.2) is 169 Å². The van der Waals surface area contributed by atoms with E-state index in [1.54, 1.807) is 0 Å². The zero-order chi connectivity index (χ0) is 34.8. The summed E-state index contributed by atoms with van der Waals surface area (Å²) >= 11 is 0. The second kappa shape index (κ2) is 12.1. The monoisotopic (exact) mass is 672 g/mol. The van der Waals surface area contributed by atoms with Gasteiger partial charge in [0.25, 0.3) is 0 Å². The summed E-state index contributed by atoms with van der Waals surface area (Å²) in [6.07, 6.45) is 7.45. The molecule has 3 atom stereocenters. The second-order valence-electron chi connectivity index (χ2n) is 14.9. The molecule has 2 N–H and O–H groups in total. The maximum Gasteiger partial charge on any atom is 0.129 e. The number of amidine groups is 1. The number of aliphatic imine (C=N–C) groups is 1. The van der Waals surface area contributed by atoms with Crippen molar-refractivity contribution in [3.05, 3.63) is 186 Å². The molecule has 0 fully saturated rings. The van der Waals surface area contributed by atoms with E-state index in [0.29, 0.717) is 0 Å². The summed E-state index contributed by atoms with van der Waals surface area (Å²) in [6.45, 7) is 4.74. The summed E-state index contributed by atoms with van der Waals surface area (Å²) in [5.74, 6) is 1.09. The summed E-state index contributed by atoms with van der Waals surface area (Å²) < 4.78 is 2.53. The van der Waals surface area contributed by atoms with Gasteiger partial charge in [-0.05, 0) is 68.8 Å². The van der Waals surface area contributed by atoms with Gasteiger partial charge in [-0.2, -0.15) is 0 Å². The maximum atomic E-state index is 5.34. The number of allylic oxidation sites excluding steroid dienone is 3. The molecule has 4 heteroatoms. The van der Waals surface area contributed by atoms with E-state index in [1.165, 1.54) is 66.4 Å². The number of fused-ring (bicyclic) bond motifs is 6. The van der Waals surface area contributed by atoms with Gasteiger partial charge in [-0.1, -0.05) is 153 Å². The van der Waals surface area contributed by atoms with Gasteiger partial charge in [0, 0.05) is 34.2 Å². The first-order chi connectivity index (χ1) is 25.5. The van der Waals surface area contributed by atoms with E-state index in [9.17, 15) is 0 Å². The van der Waals surface area contributed by atoms with Crippen molar-refractivity contribution in [2.24, 2.45) is 10.9 Å². The first-order valence-corrected chi connectivity index (χ1v) is 18.4. The molecular weight excluding hydrogens is 633 g/mol. The Labute approximate surface area is 304 Å². The third-order valence-electron chi connectivity index (χ3n) is 11.4. The Morgan fingerprint density at radius 1 is 0.635 bits per heavy atom. The third-order valence-corrected chi connectivity index (χ3v) is 11.4. The van der Waals surface area contributed by atoms with Gasteiger partial charge >= 0.3 is 0 Å². The molecule has 10 rings (SSSR count). The van der Waals surface area contributed by atoms with Crippen LogP contribution in [0.25, 0.3) is 49.8 Å². The summed E-state index contributed by atoms with van der Waals surface area (Å²) in [4.78, 5) is 5.34. The van der Waals surface area contributed by atoms with Crippen molar-refractivity contribution in [3.63, 3.8) is 0 Å². The molecule has 4 nitrogen and oxygen atoms in total. The maximum absolute atomic E-state index is 5.34. The van der Waals surface area contributed by atoms with Gasteiger partial charge in [0.2, 0.25) is 0 Å². The minimum absolute atomic E-state index is 0.0608. The molecule has 2 aliphatic carbocycles. The number of rotatable bonds is 5. The Bertz CT molecular complexity index is 2570. The molecule has 52 heavy (non-hydrogen) atoms. The topological polar surface area (TPSA) is 41.4 Å². The van der Waals surface area contributed by atoms with Gasteiger partial charge < -0.3 is 9.88 Å². The molecule has 1 aliphatic heterocycles. The summed E-state index contributed by atoms with van der Waals surface area (Å²) in [7, 11) is 0. The number of aromatic nitrogens is 1. The fraction of sp³-hybridized carbons (Fsp3) is 0.146. The van der Waals surface area contributed by atoms with Crippen molar-refractivity contribution in [3.8, 4) is 22.3 Å². The highest BCUT2D eigenvalue weighted by atomic mass is 15.3. The first kappa shape index (κ1) is 30.8. The van der Waals surface area contributed by atoms with Crippen molar-refractivity contribution >= 4 is 33.3 Å². The Balaban J connectivity index is 1.12. The molecule has 3 unspecified atom stereocenters. The van der Waals surface area contributed by atoms with E-state index in [0.717, 1.165) is 17.8 Å². The minimum Gasteiger partial charge on any atom is -0.354 e. The number of nitrogens with zero attached hydrogens (tertiary/aromatic N) is 2. The first-order valence-electron chi connectivity index (χ1n) is 18.4. The highest BCUT2D eigenvalue weighted by Crippen LogP contribution is 2.51. The minimum atomic E-state index is -0.155. The van der Waals surface area contributed by atoms with Crippen molar-refractivity contribution in [1.29, 1.82) is 0 Å². The van der Waals surface area contributed by atoms with E-state index >= 15 is 0 Å². The Hall–Kier alpha value is -5.97. The predicted molar refractivity (Wildman–Crippen MR) is 216 cm³/mol. The van der Waals surface area contributed by atoms with Gasteiger partial charge in [0.15, 0.2) is 0 Å². The molecule has 0 radical (unpaired) electrons. The molecule has 3 aliphatic rings. The molecule has 1 aromatic heterocycles. The van der Waals surface area contributed by atoms with Crippen LogP contribution >= 0.6 is 0 Å². The Morgan fingerprint density at radius 2 is 1.33 bits per heavy atom. The highest BCUT2D eigenvalue weighted by Gasteiger charge is 2.36. The lowest BCUT2D eigenvalue weighted by Gasteiger charge is -2.35. The predicted octanol–water partition coefficient (Wildman–Crippen LogP) is 11.2. The highest BCUT2D eigenvalue weighted by molar-refractivity contribution is 6.13. The van der Waals surface area contributed by atoms with Crippen molar-refractivity contribution < 1.29 is 0 Å². The molecular formula is C48H40N4. The molecule has 252 valence electrons. The van der Waals surface area contributed by atoms with Crippen LogP contribution in [0.2, 0.25) is 0 Å². The molecule has 0 amide bonds. The van der Waals surface area contributed by atoms with E-state index in [-0.39, 0.29) is 23.7 Å². The van der Waals surface area contributed by atoms with E-state index in [4.69, 9.17) is 4.99 Å². The van der Waals surface area contributed by atoms with Gasteiger partial charge in [-0.15, -0.1) is 0 Å². The van der Waals surface area contributed by atoms with Crippen LogP contribution in [0.4, 0.5) is 0 Å². The number of hydrogen-bond donors (Lipinski definition) is 2. The molecule has 6 aromatic carbocycles. The van der Waals surface area contributed by atoms with E-state index in [2.05, 4.69) is 193 Å². The van der Waals surface area contributed by atoms with Gasteiger partial charge in [-0.3, -0.25) is 5.32 Å². The van der Waals surface area contributed by atoms with Crippen LogP contribution in [-0.2, 0) is 5.41 Å². The molecule has 0 bridgehead atoms. The van der Waals surface area contributed by atoms with Gasteiger partial charge in [0.05, 0.1) is 11.0 Å². The molecule has 0 saturated heterocycles. The lowest BCUT2D eigenvalue weighted by Crippen LogP contribution is -2.47.